The molecular formula is C17H11BrN2O3. The predicted octanol–water partition coefficient (Wildman–Crippen LogP) is 3.26. The molecule has 114 valence electrons. The van der Waals surface area contributed by atoms with Crippen molar-refractivity contribution in [1.82, 2.24) is 4.98 Å². The van der Waals surface area contributed by atoms with E-state index in [9.17, 15) is 9.59 Å². The van der Waals surface area contributed by atoms with Crippen molar-refractivity contribution in [3.63, 3.8) is 0 Å². The lowest BCUT2D eigenvalue weighted by molar-refractivity contribution is 0.0696. The van der Waals surface area contributed by atoms with E-state index in [0.29, 0.717) is 15.7 Å². The zero-order chi connectivity index (χ0) is 16.4. The largest absolute Gasteiger partial charge is 0.478 e. The van der Waals surface area contributed by atoms with Gasteiger partial charge >= 0.3 is 5.97 Å². The molecule has 1 aliphatic rings. The first-order valence-corrected chi connectivity index (χ1v) is 7.56. The van der Waals surface area contributed by atoms with E-state index >= 15 is 0 Å². The Labute approximate surface area is 140 Å². The zero-order valence-corrected chi connectivity index (χ0v) is 13.4. The molecule has 0 saturated carbocycles. The van der Waals surface area contributed by atoms with Crippen LogP contribution in [0.4, 0.5) is 0 Å². The van der Waals surface area contributed by atoms with E-state index in [-0.39, 0.29) is 11.3 Å². The number of aliphatic imine (C=N–C) groups is 1. The molecule has 3 rings (SSSR count). The number of hydrogen-bond acceptors (Lipinski definition) is 4. The molecule has 1 aliphatic heterocycles. The SMILES string of the molecule is O=C(O)c1ccc(C2(C(=O)c3ccccc3Br)C=CC=N2)nc1. The van der Waals surface area contributed by atoms with Crippen LogP contribution in [-0.4, -0.2) is 28.1 Å². The van der Waals surface area contributed by atoms with Crippen molar-refractivity contribution in [3.8, 4) is 0 Å². The number of Topliss-reactive ketones (excluding diaryl/α,β-unsaturated/α-hetero) is 1. The summed E-state index contributed by atoms with van der Waals surface area (Å²) in [6.45, 7) is 0. The van der Waals surface area contributed by atoms with Crippen LogP contribution in [-0.2, 0) is 5.54 Å². The normalized spacial score (nSPS) is 19.0. The predicted molar refractivity (Wildman–Crippen MR) is 89.0 cm³/mol. The molecule has 1 unspecified atom stereocenters. The topological polar surface area (TPSA) is 79.6 Å². The van der Waals surface area contributed by atoms with Crippen LogP contribution < -0.4 is 0 Å². The average molecular weight is 371 g/mol. The summed E-state index contributed by atoms with van der Waals surface area (Å²) < 4.78 is 0.669. The minimum atomic E-state index is -1.26. The summed E-state index contributed by atoms with van der Waals surface area (Å²) in [5, 5.41) is 8.97. The summed E-state index contributed by atoms with van der Waals surface area (Å²) in [5.41, 5.74) is -0.335. The van der Waals surface area contributed by atoms with Gasteiger partial charge in [0.15, 0.2) is 5.54 Å². The van der Waals surface area contributed by atoms with E-state index in [1.165, 1.54) is 18.3 Å². The quantitative estimate of drug-likeness (QED) is 0.837. The Morgan fingerprint density at radius 1 is 1.13 bits per heavy atom. The number of hydrogen-bond donors (Lipinski definition) is 1. The van der Waals surface area contributed by atoms with Crippen molar-refractivity contribution < 1.29 is 14.7 Å². The van der Waals surface area contributed by atoms with Gasteiger partial charge in [0.05, 0.1) is 11.3 Å². The number of ketones is 1. The van der Waals surface area contributed by atoms with Crippen molar-refractivity contribution in [2.75, 3.05) is 0 Å². The Morgan fingerprint density at radius 3 is 2.48 bits per heavy atom. The lowest BCUT2D eigenvalue weighted by atomic mass is 9.86. The van der Waals surface area contributed by atoms with Gasteiger partial charge in [0.1, 0.15) is 0 Å². The second-order valence-electron chi connectivity index (χ2n) is 4.95. The molecule has 0 aliphatic carbocycles. The second kappa shape index (κ2) is 5.89. The van der Waals surface area contributed by atoms with Crippen LogP contribution in [0.25, 0.3) is 0 Å². The van der Waals surface area contributed by atoms with Crippen LogP contribution in [0, 0.1) is 0 Å². The molecule has 1 aromatic carbocycles. The monoisotopic (exact) mass is 370 g/mol. The van der Waals surface area contributed by atoms with Gasteiger partial charge in [0.2, 0.25) is 5.78 Å². The smallest absolute Gasteiger partial charge is 0.337 e. The molecule has 0 radical (unpaired) electrons. The van der Waals surface area contributed by atoms with Gasteiger partial charge in [-0.05, 0) is 30.4 Å². The molecule has 1 N–H and O–H groups in total. The Hall–Kier alpha value is -2.60. The highest BCUT2D eigenvalue weighted by Crippen LogP contribution is 2.34. The van der Waals surface area contributed by atoms with Gasteiger partial charge < -0.3 is 5.11 Å². The van der Waals surface area contributed by atoms with Gasteiger partial charge in [0.25, 0.3) is 0 Å². The third kappa shape index (κ3) is 2.61. The number of pyridine rings is 1. The number of rotatable bonds is 4. The zero-order valence-electron chi connectivity index (χ0n) is 11.8. The number of allylic oxidation sites excluding steroid dienone is 1. The van der Waals surface area contributed by atoms with Crippen LogP contribution >= 0.6 is 15.9 Å². The Morgan fingerprint density at radius 2 is 1.91 bits per heavy atom. The Bertz CT molecular complexity index is 829. The summed E-state index contributed by atoms with van der Waals surface area (Å²) in [6, 6.07) is 10.0. The van der Waals surface area contributed by atoms with Gasteiger partial charge in [-0.2, -0.15) is 0 Å². The molecule has 0 saturated heterocycles. The van der Waals surface area contributed by atoms with Crippen LogP contribution in [0.15, 0.2) is 64.2 Å². The Balaban J connectivity index is 2.09. The molecule has 6 heteroatoms. The van der Waals surface area contributed by atoms with Crippen LogP contribution in [0.2, 0.25) is 0 Å². The lowest BCUT2D eigenvalue weighted by Gasteiger charge is -2.23. The number of carboxylic acid groups (broad SMARTS) is 1. The van der Waals surface area contributed by atoms with Crippen molar-refractivity contribution in [2.24, 2.45) is 4.99 Å². The average Bonchev–Trinajstić information content (AvgIpc) is 3.06. The first-order valence-electron chi connectivity index (χ1n) is 6.77. The fourth-order valence-corrected chi connectivity index (χ4v) is 2.85. The Kier molecular flexibility index (Phi) is 3.92. The number of aromatic carboxylic acids is 1. The summed E-state index contributed by atoms with van der Waals surface area (Å²) in [5.74, 6) is -1.30. The molecule has 0 fully saturated rings. The van der Waals surface area contributed by atoms with Crippen molar-refractivity contribution in [2.45, 2.75) is 5.54 Å². The second-order valence-corrected chi connectivity index (χ2v) is 5.80. The van der Waals surface area contributed by atoms with E-state index in [2.05, 4.69) is 25.9 Å². The number of aromatic nitrogens is 1. The van der Waals surface area contributed by atoms with E-state index in [1.807, 2.05) is 6.07 Å². The fraction of sp³-hybridized carbons (Fsp3) is 0.0588. The van der Waals surface area contributed by atoms with E-state index < -0.39 is 11.5 Å². The minimum absolute atomic E-state index is 0.0585. The van der Waals surface area contributed by atoms with Crippen molar-refractivity contribution in [1.29, 1.82) is 0 Å². The fourth-order valence-electron chi connectivity index (χ4n) is 2.38. The highest BCUT2D eigenvalue weighted by Gasteiger charge is 2.41. The molecule has 0 spiro atoms. The van der Waals surface area contributed by atoms with Gasteiger partial charge in [-0.25, -0.2) is 4.79 Å². The van der Waals surface area contributed by atoms with E-state index in [1.54, 1.807) is 36.6 Å². The summed E-state index contributed by atoms with van der Waals surface area (Å²) in [4.78, 5) is 32.5. The minimum Gasteiger partial charge on any atom is -0.478 e. The number of benzene rings is 1. The third-order valence-corrected chi connectivity index (χ3v) is 4.26. The lowest BCUT2D eigenvalue weighted by Crippen LogP contribution is -2.32. The number of carboxylic acids is 1. The number of carbonyl (C=O) groups is 2. The van der Waals surface area contributed by atoms with Crippen LogP contribution in [0.3, 0.4) is 0 Å². The highest BCUT2D eigenvalue weighted by atomic mass is 79.9. The maximum absolute atomic E-state index is 13.1. The molecule has 0 bridgehead atoms. The maximum atomic E-state index is 13.1. The molecule has 2 heterocycles. The number of halogens is 1. The summed E-state index contributed by atoms with van der Waals surface area (Å²) in [6.07, 6.45) is 6.12. The first kappa shape index (κ1) is 15.3. The third-order valence-electron chi connectivity index (χ3n) is 3.57. The molecule has 2 aromatic rings. The first-order chi connectivity index (χ1) is 11.0. The van der Waals surface area contributed by atoms with Crippen LogP contribution in [0.5, 0.6) is 0 Å². The summed E-state index contributed by atoms with van der Waals surface area (Å²) in [7, 11) is 0. The van der Waals surface area contributed by atoms with E-state index in [4.69, 9.17) is 5.11 Å². The van der Waals surface area contributed by atoms with Crippen LogP contribution in [0.1, 0.15) is 26.4 Å². The summed E-state index contributed by atoms with van der Waals surface area (Å²) >= 11 is 3.38. The standard InChI is InChI=1S/C17H11BrN2O3/c18-13-5-2-1-4-12(13)15(21)17(8-3-9-20-17)14-7-6-11(10-19-14)16(22)23/h1-10H,(H,22,23). The van der Waals surface area contributed by atoms with Gasteiger partial charge in [-0.3, -0.25) is 14.8 Å². The number of carbonyl (C=O) groups excluding carboxylic acids is 1. The molecular weight excluding hydrogens is 360 g/mol. The molecule has 1 atom stereocenters. The van der Waals surface area contributed by atoms with E-state index in [0.717, 1.165) is 0 Å². The maximum Gasteiger partial charge on any atom is 0.337 e. The van der Waals surface area contributed by atoms with Gasteiger partial charge in [-0.1, -0.05) is 34.1 Å². The molecule has 1 aromatic heterocycles. The van der Waals surface area contributed by atoms with Crippen molar-refractivity contribution in [3.05, 3.63) is 76.0 Å². The highest BCUT2D eigenvalue weighted by molar-refractivity contribution is 9.10. The van der Waals surface area contributed by atoms with Crippen molar-refractivity contribution >= 4 is 33.9 Å². The number of nitrogens with zero attached hydrogens (tertiary/aromatic N) is 2. The van der Waals surface area contributed by atoms with Gasteiger partial charge in [-0.15, -0.1) is 0 Å². The van der Waals surface area contributed by atoms with Gasteiger partial charge in [0, 0.05) is 22.4 Å². The molecule has 5 nitrogen and oxygen atoms in total. The molecule has 0 amide bonds. The molecule has 23 heavy (non-hydrogen) atoms.